The van der Waals surface area contributed by atoms with Gasteiger partial charge >= 0.3 is 0 Å². The van der Waals surface area contributed by atoms with Crippen LogP contribution in [0, 0.1) is 0 Å². The molecule has 0 atom stereocenters. The van der Waals surface area contributed by atoms with Gasteiger partial charge in [-0.2, -0.15) is 12.6 Å². The van der Waals surface area contributed by atoms with Crippen molar-refractivity contribution in [2.45, 2.75) is 0 Å². The lowest BCUT2D eigenvalue weighted by Gasteiger charge is -2.14. The Labute approximate surface area is 113 Å². The molecule has 1 aromatic carbocycles. The molecule has 18 heavy (non-hydrogen) atoms. The van der Waals surface area contributed by atoms with Crippen molar-refractivity contribution < 1.29 is 18.9 Å². The molecule has 0 unspecified atom stereocenters. The summed E-state index contributed by atoms with van der Waals surface area (Å²) in [5.41, 5.74) is 0.895. The van der Waals surface area contributed by atoms with Crippen molar-refractivity contribution in [3.8, 4) is 23.0 Å². The molecule has 100 valence electrons. The van der Waals surface area contributed by atoms with Crippen molar-refractivity contribution in [2.75, 3.05) is 33.7 Å². The van der Waals surface area contributed by atoms with Crippen LogP contribution in [0.5, 0.6) is 23.0 Å². The Balaban J connectivity index is 2.96. The zero-order valence-corrected chi connectivity index (χ0v) is 11.8. The minimum atomic E-state index is 0.405. The normalized spacial score (nSPS) is 9.78. The van der Waals surface area contributed by atoms with Crippen LogP contribution < -0.4 is 18.9 Å². The van der Waals surface area contributed by atoms with Gasteiger partial charge in [0.25, 0.3) is 0 Å². The van der Waals surface area contributed by atoms with Gasteiger partial charge in [-0.15, -0.1) is 0 Å². The zero-order chi connectivity index (χ0) is 13.5. The SMILES string of the molecule is C=C(CS)COc1cc(OC)c(OC)c(OC)c1. The number of benzene rings is 1. The molecule has 0 fully saturated rings. The van der Waals surface area contributed by atoms with Crippen molar-refractivity contribution in [1.29, 1.82) is 0 Å². The summed E-state index contributed by atoms with van der Waals surface area (Å²) < 4.78 is 21.3. The molecule has 0 radical (unpaired) electrons. The topological polar surface area (TPSA) is 36.9 Å². The third kappa shape index (κ3) is 3.50. The van der Waals surface area contributed by atoms with E-state index in [-0.39, 0.29) is 0 Å². The monoisotopic (exact) mass is 270 g/mol. The summed E-state index contributed by atoms with van der Waals surface area (Å²) >= 11 is 4.12. The lowest BCUT2D eigenvalue weighted by molar-refractivity contribution is 0.311. The number of thiol groups is 1. The van der Waals surface area contributed by atoms with Gasteiger partial charge in [0.15, 0.2) is 11.5 Å². The van der Waals surface area contributed by atoms with Crippen molar-refractivity contribution in [2.24, 2.45) is 0 Å². The van der Waals surface area contributed by atoms with Gasteiger partial charge in [-0.1, -0.05) is 6.58 Å². The quantitative estimate of drug-likeness (QED) is 0.610. The first-order valence-electron chi connectivity index (χ1n) is 5.36. The number of hydrogen-bond acceptors (Lipinski definition) is 5. The molecule has 1 rings (SSSR count). The summed E-state index contributed by atoms with van der Waals surface area (Å²) in [4.78, 5) is 0. The number of ether oxygens (including phenoxy) is 4. The Morgan fingerprint density at radius 3 is 2.06 bits per heavy atom. The first-order valence-corrected chi connectivity index (χ1v) is 5.99. The van der Waals surface area contributed by atoms with Gasteiger partial charge in [-0.05, 0) is 5.57 Å². The van der Waals surface area contributed by atoms with Crippen LogP contribution in [0.2, 0.25) is 0 Å². The maximum atomic E-state index is 5.58. The van der Waals surface area contributed by atoms with Crippen molar-refractivity contribution >= 4 is 12.6 Å². The molecule has 0 heterocycles. The van der Waals surface area contributed by atoms with Gasteiger partial charge in [0.2, 0.25) is 5.75 Å². The van der Waals surface area contributed by atoms with E-state index in [2.05, 4.69) is 19.2 Å². The molecule has 0 saturated heterocycles. The molecule has 0 aliphatic rings. The Kier molecular flexibility index (Phi) is 5.71. The van der Waals surface area contributed by atoms with Crippen LogP contribution in [-0.4, -0.2) is 33.7 Å². The molecule has 0 saturated carbocycles. The van der Waals surface area contributed by atoms with Crippen LogP contribution in [0.3, 0.4) is 0 Å². The second-order valence-electron chi connectivity index (χ2n) is 3.56. The van der Waals surface area contributed by atoms with Crippen LogP contribution in [0.1, 0.15) is 0 Å². The van der Waals surface area contributed by atoms with Crippen molar-refractivity contribution in [1.82, 2.24) is 0 Å². The average Bonchev–Trinajstić information content (AvgIpc) is 2.43. The summed E-state index contributed by atoms with van der Waals surface area (Å²) in [6.45, 7) is 4.22. The third-order valence-electron chi connectivity index (χ3n) is 2.30. The van der Waals surface area contributed by atoms with Crippen LogP contribution in [0.25, 0.3) is 0 Å². The molecular weight excluding hydrogens is 252 g/mol. The lowest BCUT2D eigenvalue weighted by atomic mass is 10.2. The van der Waals surface area contributed by atoms with Crippen LogP contribution in [-0.2, 0) is 0 Å². The fourth-order valence-electron chi connectivity index (χ4n) is 1.37. The summed E-state index contributed by atoms with van der Waals surface area (Å²) in [6.07, 6.45) is 0. The fourth-order valence-corrected chi connectivity index (χ4v) is 1.46. The second kappa shape index (κ2) is 7.06. The highest BCUT2D eigenvalue weighted by atomic mass is 32.1. The minimum Gasteiger partial charge on any atom is -0.493 e. The van der Waals surface area contributed by atoms with Gasteiger partial charge in [0.05, 0.1) is 21.3 Å². The largest absolute Gasteiger partial charge is 0.493 e. The lowest BCUT2D eigenvalue weighted by Crippen LogP contribution is -2.02. The minimum absolute atomic E-state index is 0.405. The Bertz CT molecular complexity index is 392. The second-order valence-corrected chi connectivity index (χ2v) is 3.87. The maximum absolute atomic E-state index is 5.58. The smallest absolute Gasteiger partial charge is 0.203 e. The summed E-state index contributed by atoms with van der Waals surface area (Å²) in [6, 6.07) is 3.49. The van der Waals surface area contributed by atoms with E-state index < -0.39 is 0 Å². The fraction of sp³-hybridized carbons (Fsp3) is 0.385. The molecule has 5 heteroatoms. The average molecular weight is 270 g/mol. The molecular formula is C13H18O4S. The zero-order valence-electron chi connectivity index (χ0n) is 10.9. The highest BCUT2D eigenvalue weighted by Crippen LogP contribution is 2.40. The molecule has 0 aliphatic carbocycles. The van der Waals surface area contributed by atoms with E-state index >= 15 is 0 Å². The van der Waals surface area contributed by atoms with E-state index in [1.54, 1.807) is 33.5 Å². The van der Waals surface area contributed by atoms with E-state index in [1.807, 2.05) is 0 Å². The molecule has 1 aromatic rings. The Morgan fingerprint density at radius 2 is 1.67 bits per heavy atom. The third-order valence-corrected chi connectivity index (χ3v) is 2.75. The first kappa shape index (κ1) is 14.6. The summed E-state index contributed by atoms with van der Waals surface area (Å²) in [5, 5.41) is 0. The molecule has 0 spiro atoms. The molecule has 0 aliphatic heterocycles. The van der Waals surface area contributed by atoms with E-state index in [0.29, 0.717) is 35.4 Å². The van der Waals surface area contributed by atoms with E-state index in [0.717, 1.165) is 5.57 Å². The highest BCUT2D eigenvalue weighted by molar-refractivity contribution is 7.80. The maximum Gasteiger partial charge on any atom is 0.203 e. The number of rotatable bonds is 7. The van der Waals surface area contributed by atoms with Gasteiger partial charge in [-0.25, -0.2) is 0 Å². The predicted octanol–water partition coefficient (Wildman–Crippen LogP) is 2.58. The highest BCUT2D eigenvalue weighted by Gasteiger charge is 2.13. The summed E-state index contributed by atoms with van der Waals surface area (Å²) in [5.74, 6) is 2.88. The Hall–Kier alpha value is -1.49. The summed E-state index contributed by atoms with van der Waals surface area (Å²) in [7, 11) is 4.69. The molecule has 4 nitrogen and oxygen atoms in total. The van der Waals surface area contributed by atoms with Crippen LogP contribution in [0.4, 0.5) is 0 Å². The van der Waals surface area contributed by atoms with E-state index in [9.17, 15) is 0 Å². The molecule has 0 bridgehead atoms. The van der Waals surface area contributed by atoms with E-state index in [4.69, 9.17) is 18.9 Å². The van der Waals surface area contributed by atoms with E-state index in [1.165, 1.54) is 0 Å². The van der Waals surface area contributed by atoms with Gasteiger partial charge in [0.1, 0.15) is 12.4 Å². The predicted molar refractivity (Wildman–Crippen MR) is 74.6 cm³/mol. The van der Waals surface area contributed by atoms with Crippen LogP contribution >= 0.6 is 12.6 Å². The van der Waals surface area contributed by atoms with Gasteiger partial charge < -0.3 is 18.9 Å². The van der Waals surface area contributed by atoms with Crippen LogP contribution in [0.15, 0.2) is 24.3 Å². The van der Waals surface area contributed by atoms with Crippen molar-refractivity contribution in [3.05, 3.63) is 24.3 Å². The first-order chi connectivity index (χ1) is 8.65. The molecule has 0 amide bonds. The Morgan fingerprint density at radius 1 is 1.11 bits per heavy atom. The van der Waals surface area contributed by atoms with Gasteiger partial charge in [-0.3, -0.25) is 0 Å². The molecule has 0 N–H and O–H groups in total. The molecule has 0 aromatic heterocycles. The van der Waals surface area contributed by atoms with Crippen molar-refractivity contribution in [3.63, 3.8) is 0 Å². The number of methoxy groups -OCH3 is 3. The number of hydrogen-bond donors (Lipinski definition) is 1. The van der Waals surface area contributed by atoms with Gasteiger partial charge in [0, 0.05) is 17.9 Å². The standard InChI is InChI=1S/C13H18O4S/c1-9(8-18)7-17-10-5-11(14-2)13(16-4)12(6-10)15-3/h5-6,18H,1,7-8H2,2-4H3.